The van der Waals surface area contributed by atoms with Gasteiger partial charge in [-0.15, -0.1) is 5.10 Å². The summed E-state index contributed by atoms with van der Waals surface area (Å²) in [6, 6.07) is 0.0453. The van der Waals surface area contributed by atoms with Crippen LogP contribution in [-0.4, -0.2) is 41.6 Å². The van der Waals surface area contributed by atoms with Crippen molar-refractivity contribution in [3.63, 3.8) is 0 Å². The lowest BCUT2D eigenvalue weighted by molar-refractivity contribution is -0.117. The topological polar surface area (TPSA) is 140 Å². The first-order chi connectivity index (χ1) is 9.38. The number of aromatic nitrogens is 2. The van der Waals surface area contributed by atoms with Gasteiger partial charge in [0.1, 0.15) is 13.1 Å². The van der Waals surface area contributed by atoms with Gasteiger partial charge in [0.15, 0.2) is 0 Å². The van der Waals surface area contributed by atoms with E-state index >= 15 is 0 Å². The summed E-state index contributed by atoms with van der Waals surface area (Å²) in [6.07, 6.45) is 0. The van der Waals surface area contributed by atoms with Crippen LogP contribution in [0.3, 0.4) is 0 Å². The van der Waals surface area contributed by atoms with Gasteiger partial charge in [-0.3, -0.25) is 9.59 Å². The standard InChI is InChI=1S/C11H20N6O3/c1-7(2)3-14-4-10-15-16-11(20-10)17(5-8(12)18)6-9(13)19/h7,14H,3-6H2,1-2H3,(H2,12,18)(H2,13,19). The Balaban J connectivity index is 2.65. The Morgan fingerprint density at radius 3 is 2.35 bits per heavy atom. The van der Waals surface area contributed by atoms with Crippen LogP contribution in [0.25, 0.3) is 0 Å². The summed E-state index contributed by atoms with van der Waals surface area (Å²) in [6.45, 7) is 4.94. The van der Waals surface area contributed by atoms with E-state index in [1.54, 1.807) is 0 Å². The van der Waals surface area contributed by atoms with Crippen molar-refractivity contribution in [3.05, 3.63) is 5.89 Å². The molecule has 112 valence electrons. The highest BCUT2D eigenvalue weighted by molar-refractivity contribution is 5.83. The third kappa shape index (κ3) is 5.65. The van der Waals surface area contributed by atoms with E-state index < -0.39 is 11.8 Å². The molecule has 0 aliphatic heterocycles. The lowest BCUT2D eigenvalue weighted by atomic mass is 10.2. The number of primary amides is 2. The Bertz CT molecular complexity index is 443. The van der Waals surface area contributed by atoms with Crippen LogP contribution in [-0.2, 0) is 16.1 Å². The number of carbonyl (C=O) groups excluding carboxylic acids is 2. The summed E-state index contributed by atoms with van der Waals surface area (Å²) < 4.78 is 5.36. The van der Waals surface area contributed by atoms with Gasteiger partial charge in [-0.2, -0.15) is 0 Å². The molecule has 2 amide bonds. The zero-order chi connectivity index (χ0) is 15.1. The fourth-order valence-electron chi connectivity index (χ4n) is 1.48. The average Bonchev–Trinajstić information content (AvgIpc) is 2.75. The van der Waals surface area contributed by atoms with Crippen LogP contribution in [0.1, 0.15) is 19.7 Å². The SMILES string of the molecule is CC(C)CNCc1nnc(N(CC(N)=O)CC(N)=O)o1. The van der Waals surface area contributed by atoms with Gasteiger partial charge in [-0.25, -0.2) is 0 Å². The largest absolute Gasteiger partial charge is 0.407 e. The highest BCUT2D eigenvalue weighted by atomic mass is 16.4. The van der Waals surface area contributed by atoms with Gasteiger partial charge in [0.25, 0.3) is 0 Å². The number of nitrogens with one attached hydrogen (secondary N) is 1. The third-order valence-electron chi connectivity index (χ3n) is 2.25. The minimum Gasteiger partial charge on any atom is -0.407 e. The van der Waals surface area contributed by atoms with E-state index in [1.807, 2.05) is 0 Å². The van der Waals surface area contributed by atoms with Crippen molar-refractivity contribution in [3.8, 4) is 0 Å². The molecule has 0 radical (unpaired) electrons. The molecule has 0 fully saturated rings. The molecule has 0 saturated carbocycles. The maximum atomic E-state index is 10.9. The second kappa shape index (κ2) is 7.43. The van der Waals surface area contributed by atoms with E-state index in [4.69, 9.17) is 15.9 Å². The number of nitrogens with zero attached hydrogens (tertiary/aromatic N) is 3. The predicted octanol–water partition coefficient (Wildman–Crippen LogP) is -1.41. The molecule has 1 aromatic rings. The fourth-order valence-corrected chi connectivity index (χ4v) is 1.48. The second-order valence-electron chi connectivity index (χ2n) is 4.79. The second-order valence-corrected chi connectivity index (χ2v) is 4.79. The number of hydrogen-bond acceptors (Lipinski definition) is 7. The summed E-state index contributed by atoms with van der Waals surface area (Å²) in [4.78, 5) is 23.1. The van der Waals surface area contributed by atoms with E-state index in [2.05, 4.69) is 29.4 Å². The molecule has 0 aromatic carbocycles. The van der Waals surface area contributed by atoms with Crippen LogP contribution < -0.4 is 21.7 Å². The highest BCUT2D eigenvalue weighted by Crippen LogP contribution is 2.11. The van der Waals surface area contributed by atoms with Gasteiger partial charge in [0.05, 0.1) is 6.54 Å². The van der Waals surface area contributed by atoms with Crippen molar-refractivity contribution in [1.29, 1.82) is 0 Å². The number of nitrogens with two attached hydrogens (primary N) is 2. The van der Waals surface area contributed by atoms with Crippen LogP contribution in [0.4, 0.5) is 6.01 Å². The van der Waals surface area contributed by atoms with E-state index in [-0.39, 0.29) is 19.1 Å². The van der Waals surface area contributed by atoms with Crippen LogP contribution in [0.15, 0.2) is 4.42 Å². The fraction of sp³-hybridized carbons (Fsp3) is 0.636. The van der Waals surface area contributed by atoms with Crippen molar-refractivity contribution in [2.75, 3.05) is 24.5 Å². The molecular formula is C11H20N6O3. The lowest BCUT2D eigenvalue weighted by Gasteiger charge is -2.15. The van der Waals surface area contributed by atoms with E-state index in [0.29, 0.717) is 18.4 Å². The van der Waals surface area contributed by atoms with Crippen LogP contribution >= 0.6 is 0 Å². The smallest absolute Gasteiger partial charge is 0.319 e. The normalized spacial score (nSPS) is 10.8. The number of hydrogen-bond donors (Lipinski definition) is 3. The van der Waals surface area contributed by atoms with Gasteiger partial charge in [0, 0.05) is 0 Å². The van der Waals surface area contributed by atoms with Crippen LogP contribution in [0, 0.1) is 5.92 Å². The van der Waals surface area contributed by atoms with Crippen molar-refractivity contribution in [2.45, 2.75) is 20.4 Å². The maximum Gasteiger partial charge on any atom is 0.319 e. The van der Waals surface area contributed by atoms with Crippen molar-refractivity contribution >= 4 is 17.8 Å². The molecule has 1 rings (SSSR count). The Morgan fingerprint density at radius 1 is 1.25 bits per heavy atom. The highest BCUT2D eigenvalue weighted by Gasteiger charge is 2.18. The van der Waals surface area contributed by atoms with Gasteiger partial charge in [-0.1, -0.05) is 18.9 Å². The van der Waals surface area contributed by atoms with Crippen LogP contribution in [0.2, 0.25) is 0 Å². The molecule has 0 atom stereocenters. The molecule has 0 bridgehead atoms. The molecule has 9 nitrogen and oxygen atoms in total. The number of amides is 2. The summed E-state index contributed by atoms with van der Waals surface area (Å²) in [5.74, 6) is -0.383. The number of rotatable bonds is 9. The molecule has 0 spiro atoms. The molecular weight excluding hydrogens is 264 g/mol. The summed E-state index contributed by atoms with van der Waals surface area (Å²) in [5, 5.41) is 10.7. The molecule has 0 aliphatic rings. The van der Waals surface area contributed by atoms with Crippen molar-refractivity contribution in [1.82, 2.24) is 15.5 Å². The zero-order valence-electron chi connectivity index (χ0n) is 11.6. The molecule has 5 N–H and O–H groups in total. The molecule has 0 aliphatic carbocycles. The summed E-state index contributed by atoms with van der Waals surface area (Å²) in [7, 11) is 0. The van der Waals surface area contributed by atoms with Crippen LogP contribution in [0.5, 0.6) is 0 Å². The molecule has 1 heterocycles. The summed E-state index contributed by atoms with van der Waals surface area (Å²) >= 11 is 0. The Hall–Kier alpha value is -2.16. The minimum atomic E-state index is -0.621. The van der Waals surface area contributed by atoms with E-state index in [0.717, 1.165) is 6.54 Å². The molecule has 0 saturated heterocycles. The zero-order valence-corrected chi connectivity index (χ0v) is 11.6. The predicted molar refractivity (Wildman–Crippen MR) is 71.4 cm³/mol. The molecule has 1 aromatic heterocycles. The van der Waals surface area contributed by atoms with Crippen molar-refractivity contribution in [2.24, 2.45) is 17.4 Å². The first-order valence-electron chi connectivity index (χ1n) is 6.23. The number of carbonyl (C=O) groups is 2. The van der Waals surface area contributed by atoms with E-state index in [1.165, 1.54) is 4.90 Å². The Labute approximate surface area is 116 Å². The maximum absolute atomic E-state index is 10.9. The minimum absolute atomic E-state index is 0.0453. The summed E-state index contributed by atoms with van der Waals surface area (Å²) in [5.41, 5.74) is 10.2. The molecule has 9 heteroatoms. The van der Waals surface area contributed by atoms with Gasteiger partial charge >= 0.3 is 6.01 Å². The van der Waals surface area contributed by atoms with E-state index in [9.17, 15) is 9.59 Å². The average molecular weight is 284 g/mol. The third-order valence-corrected chi connectivity index (χ3v) is 2.25. The first-order valence-corrected chi connectivity index (χ1v) is 6.23. The van der Waals surface area contributed by atoms with Crippen molar-refractivity contribution < 1.29 is 14.0 Å². The quantitative estimate of drug-likeness (QED) is 0.506. The van der Waals surface area contributed by atoms with Gasteiger partial charge < -0.3 is 26.1 Å². The molecule has 20 heavy (non-hydrogen) atoms. The van der Waals surface area contributed by atoms with Gasteiger partial charge in [0.2, 0.25) is 17.7 Å². The lowest BCUT2D eigenvalue weighted by Crippen LogP contribution is -2.39. The number of anilines is 1. The molecule has 0 unspecified atom stereocenters. The van der Waals surface area contributed by atoms with Gasteiger partial charge in [-0.05, 0) is 12.5 Å². The monoisotopic (exact) mass is 284 g/mol. The first kappa shape index (κ1) is 15.9. The Kier molecular flexibility index (Phi) is 5.91. The Morgan fingerprint density at radius 2 is 1.85 bits per heavy atom.